The summed E-state index contributed by atoms with van der Waals surface area (Å²) in [6.45, 7) is 0.260. The minimum Gasteiger partial charge on any atom is -0.387 e. The highest BCUT2D eigenvalue weighted by Crippen LogP contribution is 2.20. The molecule has 1 heterocycles. The van der Waals surface area contributed by atoms with Crippen LogP contribution in [-0.4, -0.2) is 16.2 Å². The minimum atomic E-state index is -0.561. The topological polar surface area (TPSA) is 51.2 Å². The average molecular weight is 190 g/mol. The third-order valence-electron chi connectivity index (χ3n) is 2.52. The fourth-order valence-corrected chi connectivity index (χ4v) is 1.62. The molecular weight excluding hydrogens is 176 g/mol. The molecule has 0 aliphatic heterocycles. The molecule has 0 saturated carbocycles. The SMILES string of the molecule is Cn1ccc2ccc([C@@H](O)CN)cc21. The van der Waals surface area contributed by atoms with Crippen LogP contribution in [0.25, 0.3) is 10.9 Å². The van der Waals surface area contributed by atoms with Gasteiger partial charge in [-0.1, -0.05) is 12.1 Å². The summed E-state index contributed by atoms with van der Waals surface area (Å²) in [5.41, 5.74) is 7.40. The highest BCUT2D eigenvalue weighted by Gasteiger charge is 2.06. The van der Waals surface area contributed by atoms with Crippen molar-refractivity contribution in [1.82, 2.24) is 4.57 Å². The second kappa shape index (κ2) is 3.44. The molecule has 0 amide bonds. The molecule has 0 aliphatic carbocycles. The van der Waals surface area contributed by atoms with Crippen LogP contribution in [0.1, 0.15) is 11.7 Å². The van der Waals surface area contributed by atoms with E-state index in [1.165, 1.54) is 5.39 Å². The van der Waals surface area contributed by atoms with Gasteiger partial charge < -0.3 is 15.4 Å². The molecule has 74 valence electrons. The molecule has 14 heavy (non-hydrogen) atoms. The molecule has 3 N–H and O–H groups in total. The van der Waals surface area contributed by atoms with Crippen LogP contribution < -0.4 is 5.73 Å². The second-order valence-corrected chi connectivity index (χ2v) is 3.50. The van der Waals surface area contributed by atoms with Crippen LogP contribution in [0, 0.1) is 0 Å². The summed E-state index contributed by atoms with van der Waals surface area (Å²) in [4.78, 5) is 0. The molecule has 1 aromatic heterocycles. The third kappa shape index (κ3) is 1.41. The highest BCUT2D eigenvalue weighted by molar-refractivity contribution is 5.80. The van der Waals surface area contributed by atoms with Gasteiger partial charge in [0.2, 0.25) is 0 Å². The van der Waals surface area contributed by atoms with Crippen molar-refractivity contribution in [1.29, 1.82) is 0 Å². The first kappa shape index (κ1) is 9.24. The van der Waals surface area contributed by atoms with Crippen molar-refractivity contribution in [3.63, 3.8) is 0 Å². The minimum absolute atomic E-state index is 0.260. The average Bonchev–Trinajstić information content (AvgIpc) is 2.59. The summed E-state index contributed by atoms with van der Waals surface area (Å²) in [5.74, 6) is 0. The number of rotatable bonds is 2. The Morgan fingerprint density at radius 1 is 1.43 bits per heavy atom. The molecule has 2 aromatic rings. The van der Waals surface area contributed by atoms with Gasteiger partial charge in [-0.2, -0.15) is 0 Å². The molecule has 1 atom stereocenters. The van der Waals surface area contributed by atoms with Gasteiger partial charge in [-0.15, -0.1) is 0 Å². The first-order valence-corrected chi connectivity index (χ1v) is 4.65. The Balaban J connectivity index is 2.54. The van der Waals surface area contributed by atoms with Crippen LogP contribution in [0.4, 0.5) is 0 Å². The summed E-state index contributed by atoms with van der Waals surface area (Å²) in [7, 11) is 1.99. The smallest absolute Gasteiger partial charge is 0.0912 e. The largest absolute Gasteiger partial charge is 0.387 e. The number of fused-ring (bicyclic) bond motifs is 1. The van der Waals surface area contributed by atoms with Crippen molar-refractivity contribution in [3.05, 3.63) is 36.0 Å². The van der Waals surface area contributed by atoms with Gasteiger partial charge in [0, 0.05) is 25.3 Å². The Morgan fingerprint density at radius 3 is 2.93 bits per heavy atom. The molecule has 1 aromatic carbocycles. The van der Waals surface area contributed by atoms with E-state index in [4.69, 9.17) is 5.73 Å². The van der Waals surface area contributed by atoms with Gasteiger partial charge in [-0.3, -0.25) is 0 Å². The molecule has 2 rings (SSSR count). The fourth-order valence-electron chi connectivity index (χ4n) is 1.62. The number of nitrogens with two attached hydrogens (primary N) is 1. The Bertz CT molecular complexity index is 447. The zero-order chi connectivity index (χ0) is 10.1. The van der Waals surface area contributed by atoms with Crippen LogP contribution in [0.3, 0.4) is 0 Å². The van der Waals surface area contributed by atoms with Crippen molar-refractivity contribution in [3.8, 4) is 0 Å². The van der Waals surface area contributed by atoms with Crippen molar-refractivity contribution in [2.24, 2.45) is 12.8 Å². The van der Waals surface area contributed by atoms with Crippen LogP contribution in [0.2, 0.25) is 0 Å². The van der Waals surface area contributed by atoms with E-state index >= 15 is 0 Å². The Morgan fingerprint density at radius 2 is 2.21 bits per heavy atom. The first-order valence-electron chi connectivity index (χ1n) is 4.65. The lowest BCUT2D eigenvalue weighted by Gasteiger charge is -2.08. The number of aryl methyl sites for hydroxylation is 1. The maximum Gasteiger partial charge on any atom is 0.0912 e. The molecule has 0 unspecified atom stereocenters. The number of aliphatic hydroxyl groups excluding tert-OH is 1. The molecular formula is C11H14N2O. The summed E-state index contributed by atoms with van der Waals surface area (Å²) in [5, 5.41) is 10.8. The van der Waals surface area contributed by atoms with E-state index in [1.54, 1.807) is 0 Å². The third-order valence-corrected chi connectivity index (χ3v) is 2.52. The van der Waals surface area contributed by atoms with E-state index in [0.29, 0.717) is 0 Å². The van der Waals surface area contributed by atoms with Gasteiger partial charge >= 0.3 is 0 Å². The standard InChI is InChI=1S/C11H14N2O/c1-13-5-4-8-2-3-9(6-10(8)13)11(14)7-12/h2-6,11,14H,7,12H2,1H3/t11-/m0/s1. The highest BCUT2D eigenvalue weighted by atomic mass is 16.3. The van der Waals surface area contributed by atoms with Crippen molar-refractivity contribution in [2.45, 2.75) is 6.10 Å². The molecule has 0 aliphatic rings. The lowest BCUT2D eigenvalue weighted by molar-refractivity contribution is 0.187. The summed E-state index contributed by atoms with van der Waals surface area (Å²) >= 11 is 0. The van der Waals surface area contributed by atoms with Crippen molar-refractivity contribution < 1.29 is 5.11 Å². The maximum absolute atomic E-state index is 9.58. The number of hydrogen-bond acceptors (Lipinski definition) is 2. The van der Waals surface area contributed by atoms with Crippen LogP contribution in [0.5, 0.6) is 0 Å². The maximum atomic E-state index is 9.58. The summed E-state index contributed by atoms with van der Waals surface area (Å²) < 4.78 is 2.03. The number of hydrogen-bond donors (Lipinski definition) is 2. The van der Waals surface area contributed by atoms with Gasteiger partial charge in [0.25, 0.3) is 0 Å². The molecule has 3 nitrogen and oxygen atoms in total. The summed E-state index contributed by atoms with van der Waals surface area (Å²) in [6, 6.07) is 7.95. The zero-order valence-corrected chi connectivity index (χ0v) is 8.14. The van der Waals surface area contributed by atoms with Gasteiger partial charge in [-0.05, 0) is 23.1 Å². The molecule has 0 fully saturated rings. The van der Waals surface area contributed by atoms with E-state index < -0.39 is 6.10 Å². The van der Waals surface area contributed by atoms with Gasteiger partial charge in [0.05, 0.1) is 6.10 Å². The molecule has 0 spiro atoms. The zero-order valence-electron chi connectivity index (χ0n) is 8.14. The Kier molecular flexibility index (Phi) is 2.27. The van der Waals surface area contributed by atoms with E-state index in [9.17, 15) is 5.11 Å². The van der Waals surface area contributed by atoms with Gasteiger partial charge in [0.15, 0.2) is 0 Å². The summed E-state index contributed by atoms with van der Waals surface area (Å²) in [6.07, 6.45) is 1.44. The predicted molar refractivity (Wildman–Crippen MR) is 56.9 cm³/mol. The number of aliphatic hydroxyl groups is 1. The van der Waals surface area contributed by atoms with E-state index in [-0.39, 0.29) is 6.54 Å². The quantitative estimate of drug-likeness (QED) is 0.747. The van der Waals surface area contributed by atoms with Crippen LogP contribution >= 0.6 is 0 Å². The fraction of sp³-hybridized carbons (Fsp3) is 0.273. The van der Waals surface area contributed by atoms with Gasteiger partial charge in [0.1, 0.15) is 0 Å². The molecule has 0 radical (unpaired) electrons. The lowest BCUT2D eigenvalue weighted by atomic mass is 10.1. The first-order chi connectivity index (χ1) is 6.72. The Labute approximate surface area is 82.8 Å². The Hall–Kier alpha value is -1.32. The van der Waals surface area contributed by atoms with E-state index in [1.807, 2.05) is 42.1 Å². The number of benzene rings is 1. The van der Waals surface area contributed by atoms with Crippen molar-refractivity contribution in [2.75, 3.05) is 6.54 Å². The second-order valence-electron chi connectivity index (χ2n) is 3.50. The normalized spacial score (nSPS) is 13.4. The number of aromatic nitrogens is 1. The number of nitrogens with zero attached hydrogens (tertiary/aromatic N) is 1. The molecule has 0 bridgehead atoms. The monoisotopic (exact) mass is 190 g/mol. The van der Waals surface area contributed by atoms with Gasteiger partial charge in [-0.25, -0.2) is 0 Å². The predicted octanol–water partition coefficient (Wildman–Crippen LogP) is 1.17. The molecule has 0 saturated heterocycles. The van der Waals surface area contributed by atoms with Crippen molar-refractivity contribution >= 4 is 10.9 Å². The van der Waals surface area contributed by atoms with Crippen LogP contribution in [0.15, 0.2) is 30.5 Å². The molecule has 3 heteroatoms. The lowest BCUT2D eigenvalue weighted by Crippen LogP contribution is -2.11. The van der Waals surface area contributed by atoms with Crippen LogP contribution in [-0.2, 0) is 7.05 Å². The van der Waals surface area contributed by atoms with E-state index in [0.717, 1.165) is 11.1 Å². The van der Waals surface area contributed by atoms with E-state index in [2.05, 4.69) is 0 Å².